The summed E-state index contributed by atoms with van der Waals surface area (Å²) in [5, 5.41) is 2.90. The van der Waals surface area contributed by atoms with Crippen molar-refractivity contribution in [3.63, 3.8) is 0 Å². The summed E-state index contributed by atoms with van der Waals surface area (Å²) in [5.41, 5.74) is 2.97. The summed E-state index contributed by atoms with van der Waals surface area (Å²) < 4.78 is 27.4. The predicted octanol–water partition coefficient (Wildman–Crippen LogP) is 3.78. The summed E-state index contributed by atoms with van der Waals surface area (Å²) in [7, 11) is -3.27. The van der Waals surface area contributed by atoms with Gasteiger partial charge in [-0.15, -0.1) is 0 Å². The van der Waals surface area contributed by atoms with Crippen LogP contribution in [0, 0.1) is 10.5 Å². The first kappa shape index (κ1) is 19.3. The van der Waals surface area contributed by atoms with E-state index in [0.29, 0.717) is 24.2 Å². The van der Waals surface area contributed by atoms with Crippen LogP contribution in [0.4, 0.5) is 5.69 Å². The maximum Gasteiger partial charge on any atom is 0.255 e. The highest BCUT2D eigenvalue weighted by atomic mass is 127. The van der Waals surface area contributed by atoms with E-state index in [-0.39, 0.29) is 11.7 Å². The number of hydrogen-bond acceptors (Lipinski definition) is 3. The van der Waals surface area contributed by atoms with E-state index in [0.717, 1.165) is 27.7 Å². The maximum absolute atomic E-state index is 12.4. The molecule has 2 aromatic carbocycles. The SMILES string of the molecule is Cc1cc(I)ccc1NC(=O)c1ccc(CS(=O)(=O)N2CCCC2)cc1. The second-order valence-corrected chi connectivity index (χ2v) is 9.69. The molecular weight excluding hydrogens is 463 g/mol. The molecule has 1 saturated heterocycles. The van der Waals surface area contributed by atoms with Crippen LogP contribution >= 0.6 is 22.6 Å². The molecule has 0 saturated carbocycles. The fourth-order valence-corrected chi connectivity index (χ4v) is 5.24. The van der Waals surface area contributed by atoms with Crippen LogP contribution in [-0.2, 0) is 15.8 Å². The third kappa shape index (κ3) is 4.63. The zero-order valence-electron chi connectivity index (χ0n) is 14.5. The topological polar surface area (TPSA) is 66.5 Å². The molecule has 1 N–H and O–H groups in total. The molecule has 1 fully saturated rings. The molecule has 0 atom stereocenters. The minimum Gasteiger partial charge on any atom is -0.322 e. The molecule has 0 aromatic heterocycles. The Balaban J connectivity index is 1.68. The third-order valence-electron chi connectivity index (χ3n) is 4.46. The number of nitrogens with zero attached hydrogens (tertiary/aromatic N) is 1. The van der Waals surface area contributed by atoms with Crippen molar-refractivity contribution in [2.24, 2.45) is 0 Å². The molecule has 0 aliphatic carbocycles. The monoisotopic (exact) mass is 484 g/mol. The van der Waals surface area contributed by atoms with Gasteiger partial charge < -0.3 is 5.32 Å². The van der Waals surface area contributed by atoms with Crippen molar-refractivity contribution in [1.29, 1.82) is 0 Å². The molecule has 0 unspecified atom stereocenters. The summed E-state index contributed by atoms with van der Waals surface area (Å²) in [6.45, 7) is 3.17. The Hall–Kier alpha value is -1.45. The fraction of sp³-hybridized carbons (Fsp3) is 0.316. The van der Waals surface area contributed by atoms with Gasteiger partial charge in [-0.05, 0) is 83.8 Å². The van der Waals surface area contributed by atoms with E-state index in [9.17, 15) is 13.2 Å². The van der Waals surface area contributed by atoms with Crippen molar-refractivity contribution in [1.82, 2.24) is 4.31 Å². The van der Waals surface area contributed by atoms with Crippen LogP contribution in [0.25, 0.3) is 0 Å². The van der Waals surface area contributed by atoms with Crippen molar-refractivity contribution in [2.45, 2.75) is 25.5 Å². The van der Waals surface area contributed by atoms with Gasteiger partial charge >= 0.3 is 0 Å². The smallest absolute Gasteiger partial charge is 0.255 e. The number of carbonyl (C=O) groups excluding carboxylic acids is 1. The van der Waals surface area contributed by atoms with Gasteiger partial charge in [0.1, 0.15) is 0 Å². The second kappa shape index (κ2) is 8.06. The maximum atomic E-state index is 12.4. The molecule has 0 spiro atoms. The number of benzene rings is 2. The number of amides is 1. The van der Waals surface area contributed by atoms with Crippen molar-refractivity contribution in [2.75, 3.05) is 18.4 Å². The number of rotatable bonds is 5. The van der Waals surface area contributed by atoms with Gasteiger partial charge in [0, 0.05) is 27.9 Å². The highest BCUT2D eigenvalue weighted by molar-refractivity contribution is 14.1. The molecule has 138 valence electrons. The van der Waals surface area contributed by atoms with Gasteiger partial charge in [0.25, 0.3) is 5.91 Å². The van der Waals surface area contributed by atoms with Crippen LogP contribution in [0.15, 0.2) is 42.5 Å². The number of carbonyl (C=O) groups is 1. The average molecular weight is 484 g/mol. The normalized spacial score (nSPS) is 15.2. The minimum atomic E-state index is -3.27. The lowest BCUT2D eigenvalue weighted by Gasteiger charge is -2.15. The van der Waals surface area contributed by atoms with E-state index in [1.165, 1.54) is 0 Å². The molecule has 5 nitrogen and oxygen atoms in total. The van der Waals surface area contributed by atoms with E-state index in [2.05, 4.69) is 27.9 Å². The Labute approximate surface area is 168 Å². The number of sulfonamides is 1. The number of halogens is 1. The molecule has 1 amide bonds. The van der Waals surface area contributed by atoms with Crippen LogP contribution in [-0.4, -0.2) is 31.7 Å². The molecule has 2 aromatic rings. The van der Waals surface area contributed by atoms with Gasteiger partial charge in [0.15, 0.2) is 0 Å². The second-order valence-electron chi connectivity index (χ2n) is 6.47. The highest BCUT2D eigenvalue weighted by Crippen LogP contribution is 2.20. The summed E-state index contributed by atoms with van der Waals surface area (Å²) in [6.07, 6.45) is 1.85. The lowest BCUT2D eigenvalue weighted by atomic mass is 10.1. The van der Waals surface area contributed by atoms with Gasteiger partial charge in [-0.3, -0.25) is 4.79 Å². The summed E-state index contributed by atoms with van der Waals surface area (Å²) in [4.78, 5) is 12.4. The Kier molecular flexibility index (Phi) is 5.99. The third-order valence-corrected chi connectivity index (χ3v) is 6.98. The number of aryl methyl sites for hydroxylation is 1. The quantitative estimate of drug-likeness (QED) is 0.658. The molecule has 7 heteroatoms. The van der Waals surface area contributed by atoms with E-state index < -0.39 is 10.0 Å². The largest absolute Gasteiger partial charge is 0.322 e. The van der Waals surface area contributed by atoms with Crippen molar-refractivity contribution in [3.05, 3.63) is 62.7 Å². The molecule has 1 aliphatic rings. The van der Waals surface area contributed by atoms with E-state index in [4.69, 9.17) is 0 Å². The van der Waals surface area contributed by atoms with Crippen LogP contribution in [0.5, 0.6) is 0 Å². The minimum absolute atomic E-state index is 0.0227. The van der Waals surface area contributed by atoms with E-state index >= 15 is 0 Å². The van der Waals surface area contributed by atoms with Crippen molar-refractivity contribution in [3.8, 4) is 0 Å². The Morgan fingerprint density at radius 1 is 1.12 bits per heavy atom. The number of hydrogen-bond donors (Lipinski definition) is 1. The van der Waals surface area contributed by atoms with Crippen molar-refractivity contribution >= 4 is 44.2 Å². The first-order valence-electron chi connectivity index (χ1n) is 8.49. The predicted molar refractivity (Wildman–Crippen MR) is 112 cm³/mol. The molecule has 0 bridgehead atoms. The molecular formula is C19H21IN2O3S. The average Bonchev–Trinajstić information content (AvgIpc) is 3.13. The highest BCUT2D eigenvalue weighted by Gasteiger charge is 2.25. The standard InChI is InChI=1S/C19H21IN2O3S/c1-14-12-17(20)8-9-18(14)21-19(23)16-6-4-15(5-7-16)13-26(24,25)22-10-2-3-11-22/h4-9,12H,2-3,10-11,13H2,1H3,(H,21,23). The molecule has 3 rings (SSSR count). The fourth-order valence-electron chi connectivity index (χ4n) is 2.98. The Bertz CT molecular complexity index is 905. The summed E-state index contributed by atoms with van der Waals surface area (Å²) in [6, 6.07) is 12.6. The van der Waals surface area contributed by atoms with Gasteiger partial charge in [-0.2, -0.15) is 0 Å². The number of nitrogens with one attached hydrogen (secondary N) is 1. The zero-order valence-corrected chi connectivity index (χ0v) is 17.5. The lowest BCUT2D eigenvalue weighted by Crippen LogP contribution is -2.29. The first-order chi connectivity index (χ1) is 12.3. The van der Waals surface area contributed by atoms with Gasteiger partial charge in [0.05, 0.1) is 5.75 Å². The molecule has 1 heterocycles. The van der Waals surface area contributed by atoms with Crippen LogP contribution in [0.3, 0.4) is 0 Å². The van der Waals surface area contributed by atoms with E-state index in [1.807, 2.05) is 25.1 Å². The summed E-state index contributed by atoms with van der Waals surface area (Å²) >= 11 is 2.23. The lowest BCUT2D eigenvalue weighted by molar-refractivity contribution is 0.102. The molecule has 1 aliphatic heterocycles. The van der Waals surface area contributed by atoms with Crippen LogP contribution < -0.4 is 5.32 Å². The van der Waals surface area contributed by atoms with Crippen LogP contribution in [0.1, 0.15) is 34.3 Å². The Morgan fingerprint density at radius 3 is 2.38 bits per heavy atom. The zero-order chi connectivity index (χ0) is 18.7. The van der Waals surface area contributed by atoms with Crippen LogP contribution in [0.2, 0.25) is 0 Å². The van der Waals surface area contributed by atoms with Gasteiger partial charge in [0.2, 0.25) is 10.0 Å². The molecule has 0 radical (unpaired) electrons. The number of anilines is 1. The van der Waals surface area contributed by atoms with Crippen molar-refractivity contribution < 1.29 is 13.2 Å². The molecule has 26 heavy (non-hydrogen) atoms. The van der Waals surface area contributed by atoms with E-state index in [1.54, 1.807) is 28.6 Å². The summed E-state index contributed by atoms with van der Waals surface area (Å²) in [5.74, 6) is -0.228. The first-order valence-corrected chi connectivity index (χ1v) is 11.2. The van der Waals surface area contributed by atoms with Gasteiger partial charge in [-0.25, -0.2) is 12.7 Å². The van der Waals surface area contributed by atoms with Gasteiger partial charge in [-0.1, -0.05) is 12.1 Å². The Morgan fingerprint density at radius 2 is 1.77 bits per heavy atom.